The summed E-state index contributed by atoms with van der Waals surface area (Å²) in [6.07, 6.45) is 0.960. The number of para-hydroxylation sites is 1. The molecule has 0 aliphatic heterocycles. The van der Waals surface area contributed by atoms with Crippen LogP contribution in [0.5, 0.6) is 11.5 Å². The lowest BCUT2D eigenvalue weighted by molar-refractivity contribution is -0.149. The zero-order valence-corrected chi connectivity index (χ0v) is 18.6. The minimum atomic E-state index is -0.986. The summed E-state index contributed by atoms with van der Waals surface area (Å²) in [4.78, 5) is 12.7. The Kier molecular flexibility index (Phi) is 6.26. The zero-order valence-electron chi connectivity index (χ0n) is 15.4. The number of hydrogen-bond donors (Lipinski definition) is 0. The third kappa shape index (κ3) is 4.65. The number of rotatable bonds is 6. The van der Waals surface area contributed by atoms with Crippen LogP contribution in [0.15, 0.2) is 64.1 Å². The lowest BCUT2D eigenvalue weighted by atomic mass is 10.1. The summed E-state index contributed by atoms with van der Waals surface area (Å²) in [5.74, 6) is 0.683. The number of ether oxygens (including phenoxy) is 2. The van der Waals surface area contributed by atoms with Crippen molar-refractivity contribution in [3.05, 3.63) is 69.6 Å². The molecule has 144 valence electrons. The van der Waals surface area contributed by atoms with Crippen LogP contribution in [0, 0.1) is 28.6 Å². The minimum absolute atomic E-state index is 0.0563. The summed E-state index contributed by atoms with van der Waals surface area (Å²) in [5.41, 5.74) is 0.374. The molecule has 1 aliphatic carbocycles. The van der Waals surface area contributed by atoms with Gasteiger partial charge >= 0.3 is 5.97 Å². The predicted octanol–water partition coefficient (Wildman–Crippen LogP) is 6.49. The molecule has 1 saturated carbocycles. The molecule has 0 aromatic heterocycles. The number of carbonyl (C=O) groups is 1. The van der Waals surface area contributed by atoms with Gasteiger partial charge in [0.15, 0.2) is 0 Å². The summed E-state index contributed by atoms with van der Waals surface area (Å²) >= 11 is 6.68. The number of carbonyl (C=O) groups excluding carboxylic acids is 1. The van der Waals surface area contributed by atoms with Gasteiger partial charge in [0.25, 0.3) is 0 Å². The second kappa shape index (κ2) is 8.50. The Morgan fingerprint density at radius 3 is 2.46 bits per heavy atom. The molecule has 28 heavy (non-hydrogen) atoms. The molecule has 0 heterocycles. The fourth-order valence-electron chi connectivity index (χ4n) is 3.30. The molecule has 4 nitrogen and oxygen atoms in total. The van der Waals surface area contributed by atoms with E-state index in [0.717, 1.165) is 3.39 Å². The first kappa shape index (κ1) is 20.6. The zero-order chi connectivity index (χ0) is 20.3. The van der Waals surface area contributed by atoms with Crippen molar-refractivity contribution in [1.82, 2.24) is 0 Å². The third-order valence-electron chi connectivity index (χ3n) is 4.96. The van der Waals surface area contributed by atoms with Crippen LogP contribution in [0.3, 0.4) is 0 Å². The van der Waals surface area contributed by atoms with Crippen LogP contribution in [-0.2, 0) is 9.53 Å². The number of esters is 1. The number of hydrogen-bond acceptors (Lipinski definition) is 4. The summed E-state index contributed by atoms with van der Waals surface area (Å²) in [6.45, 7) is 4.03. The van der Waals surface area contributed by atoms with Gasteiger partial charge in [0.2, 0.25) is 6.10 Å². The van der Waals surface area contributed by atoms with E-state index in [2.05, 4.69) is 37.9 Å². The Balaban J connectivity index is 1.72. The van der Waals surface area contributed by atoms with Crippen molar-refractivity contribution in [2.45, 2.75) is 20.0 Å². The van der Waals surface area contributed by atoms with E-state index in [1.807, 2.05) is 50.3 Å². The van der Waals surface area contributed by atoms with E-state index in [1.54, 1.807) is 24.3 Å². The Hall–Kier alpha value is -2.10. The Labute approximate surface area is 181 Å². The monoisotopic (exact) mass is 503 g/mol. The van der Waals surface area contributed by atoms with Crippen molar-refractivity contribution in [2.24, 2.45) is 17.3 Å². The van der Waals surface area contributed by atoms with Crippen LogP contribution in [0.1, 0.15) is 25.5 Å². The van der Waals surface area contributed by atoms with Gasteiger partial charge in [-0.3, -0.25) is 4.79 Å². The second-order valence-corrected chi connectivity index (χ2v) is 9.99. The molecule has 0 unspecified atom stereocenters. The SMILES string of the molecule is CC1(C)[C@H](C=C(Br)Br)[C@H]1C(=O)O[C@H](C#N)c1cccc(Oc2ccccc2)c1. The van der Waals surface area contributed by atoms with E-state index in [-0.39, 0.29) is 23.2 Å². The van der Waals surface area contributed by atoms with E-state index in [1.165, 1.54) is 0 Å². The molecule has 0 saturated heterocycles. The number of allylic oxidation sites excluding steroid dienone is 1. The maximum absolute atomic E-state index is 12.7. The van der Waals surface area contributed by atoms with Gasteiger partial charge in [-0.25, -0.2) is 0 Å². The maximum Gasteiger partial charge on any atom is 0.311 e. The fraction of sp³-hybridized carbons (Fsp3) is 0.273. The topological polar surface area (TPSA) is 59.3 Å². The van der Waals surface area contributed by atoms with Crippen molar-refractivity contribution < 1.29 is 14.3 Å². The van der Waals surface area contributed by atoms with Crippen molar-refractivity contribution in [3.63, 3.8) is 0 Å². The molecule has 0 N–H and O–H groups in total. The van der Waals surface area contributed by atoms with Gasteiger partial charge in [-0.1, -0.05) is 50.3 Å². The first-order valence-electron chi connectivity index (χ1n) is 8.78. The summed E-state index contributed by atoms with van der Waals surface area (Å²) in [5, 5.41) is 9.56. The first-order valence-corrected chi connectivity index (χ1v) is 10.4. The van der Waals surface area contributed by atoms with Gasteiger partial charge < -0.3 is 9.47 Å². The maximum atomic E-state index is 12.7. The highest BCUT2D eigenvalue weighted by molar-refractivity contribution is 9.28. The summed E-state index contributed by atoms with van der Waals surface area (Å²) in [6, 6.07) is 18.5. The van der Waals surface area contributed by atoms with Gasteiger partial charge in [-0.2, -0.15) is 5.26 Å². The normalized spacial score (nSPS) is 20.4. The van der Waals surface area contributed by atoms with Crippen molar-refractivity contribution in [2.75, 3.05) is 0 Å². The third-order valence-corrected chi connectivity index (χ3v) is 5.49. The van der Waals surface area contributed by atoms with Gasteiger partial charge in [-0.15, -0.1) is 0 Å². The highest BCUT2D eigenvalue weighted by Crippen LogP contribution is 2.60. The number of nitrogens with zero attached hydrogens (tertiary/aromatic N) is 1. The number of halogens is 2. The van der Waals surface area contributed by atoms with Crippen molar-refractivity contribution in [1.29, 1.82) is 5.26 Å². The van der Waals surface area contributed by atoms with Crippen molar-refractivity contribution >= 4 is 37.8 Å². The van der Waals surface area contributed by atoms with Crippen LogP contribution < -0.4 is 4.74 Å². The van der Waals surface area contributed by atoms with Crippen LogP contribution in [0.25, 0.3) is 0 Å². The standard InChI is InChI=1S/C22H19Br2NO3/c1-22(2)17(12-19(23)24)20(22)21(26)28-18(13-25)14-7-6-10-16(11-14)27-15-8-4-3-5-9-15/h3-12,17-18,20H,1-2H3/t17-,18-,20+/m1/s1. The second-order valence-electron chi connectivity index (χ2n) is 7.21. The average molecular weight is 505 g/mol. The van der Waals surface area contributed by atoms with Crippen molar-refractivity contribution in [3.8, 4) is 17.6 Å². The largest absolute Gasteiger partial charge is 0.457 e. The van der Waals surface area contributed by atoms with Crippen LogP contribution in [0.2, 0.25) is 0 Å². The molecule has 0 radical (unpaired) electrons. The molecular weight excluding hydrogens is 486 g/mol. The lowest BCUT2D eigenvalue weighted by Gasteiger charge is -2.13. The van der Waals surface area contributed by atoms with Gasteiger partial charge in [0.05, 0.1) is 9.31 Å². The highest BCUT2D eigenvalue weighted by atomic mass is 79.9. The molecule has 0 bridgehead atoms. The molecule has 0 amide bonds. The minimum Gasteiger partial charge on any atom is -0.457 e. The van der Waals surface area contributed by atoms with Crippen LogP contribution in [-0.4, -0.2) is 5.97 Å². The van der Waals surface area contributed by atoms with Gasteiger partial charge in [-0.05, 0) is 67.5 Å². The Morgan fingerprint density at radius 1 is 1.14 bits per heavy atom. The molecule has 6 heteroatoms. The summed E-state index contributed by atoms with van der Waals surface area (Å²) < 4.78 is 12.2. The Bertz CT molecular complexity index is 930. The number of benzene rings is 2. The molecule has 3 atom stereocenters. The highest BCUT2D eigenvalue weighted by Gasteiger charge is 2.61. The fourth-order valence-corrected chi connectivity index (χ4v) is 3.87. The van der Waals surface area contributed by atoms with Crippen LogP contribution >= 0.6 is 31.9 Å². The van der Waals surface area contributed by atoms with Gasteiger partial charge in [0, 0.05) is 5.56 Å². The van der Waals surface area contributed by atoms with E-state index in [4.69, 9.17) is 9.47 Å². The summed E-state index contributed by atoms with van der Waals surface area (Å²) in [7, 11) is 0. The molecule has 0 spiro atoms. The number of nitriles is 1. The molecule has 2 aromatic rings. The first-order chi connectivity index (χ1) is 13.3. The Morgan fingerprint density at radius 2 is 1.82 bits per heavy atom. The quantitative estimate of drug-likeness (QED) is 0.422. The molecular formula is C22H19Br2NO3. The smallest absolute Gasteiger partial charge is 0.311 e. The van der Waals surface area contributed by atoms with Crippen LogP contribution in [0.4, 0.5) is 0 Å². The van der Waals surface area contributed by atoms with E-state index in [0.29, 0.717) is 17.1 Å². The van der Waals surface area contributed by atoms with E-state index < -0.39 is 6.10 Å². The van der Waals surface area contributed by atoms with Gasteiger partial charge in [0.1, 0.15) is 17.6 Å². The average Bonchev–Trinajstić information content (AvgIpc) is 3.20. The van der Waals surface area contributed by atoms with E-state index >= 15 is 0 Å². The van der Waals surface area contributed by atoms with E-state index in [9.17, 15) is 10.1 Å². The molecule has 3 rings (SSSR count). The molecule has 2 aromatic carbocycles. The molecule has 1 aliphatic rings. The predicted molar refractivity (Wildman–Crippen MR) is 114 cm³/mol. The molecule has 1 fully saturated rings. The lowest BCUT2D eigenvalue weighted by Crippen LogP contribution is -2.14.